The average molecular weight is 554 g/mol. The molecule has 0 aliphatic heterocycles. The molecule has 2 atom stereocenters. The fourth-order valence-electron chi connectivity index (χ4n) is 3.83. The fraction of sp³-hybridized carbons (Fsp3) is 0.310. The van der Waals surface area contributed by atoms with Crippen molar-refractivity contribution in [3.63, 3.8) is 0 Å². The van der Waals surface area contributed by atoms with E-state index >= 15 is 0 Å². The summed E-state index contributed by atoms with van der Waals surface area (Å²) in [5, 5.41) is 14.6. The quantitative estimate of drug-likeness (QED) is 0.206. The summed E-state index contributed by atoms with van der Waals surface area (Å²) in [5.74, 6) is 0.325. The van der Waals surface area contributed by atoms with Crippen LogP contribution in [-0.4, -0.2) is 39.5 Å². The summed E-state index contributed by atoms with van der Waals surface area (Å²) < 4.78 is 0. The maximum Gasteiger partial charge on any atom is 0.269 e. The van der Waals surface area contributed by atoms with Gasteiger partial charge in [-0.2, -0.15) is 0 Å². The first-order valence-corrected chi connectivity index (χ1v) is 14.0. The summed E-state index contributed by atoms with van der Waals surface area (Å²) in [6.45, 7) is 4.21. The molecular formula is C29H32ClN3O4S. The molecule has 9 heteroatoms. The first-order valence-electron chi connectivity index (χ1n) is 12.5. The van der Waals surface area contributed by atoms with E-state index in [-0.39, 0.29) is 35.8 Å². The van der Waals surface area contributed by atoms with Gasteiger partial charge in [0, 0.05) is 41.9 Å². The molecule has 3 aromatic rings. The van der Waals surface area contributed by atoms with Crippen molar-refractivity contribution in [3.05, 3.63) is 111 Å². The van der Waals surface area contributed by atoms with Crippen LogP contribution in [0.2, 0.25) is 5.02 Å². The highest BCUT2D eigenvalue weighted by molar-refractivity contribution is 7.99. The Hall–Kier alpha value is -3.36. The molecule has 3 rings (SSSR count). The monoisotopic (exact) mass is 553 g/mol. The lowest BCUT2D eigenvalue weighted by molar-refractivity contribution is -0.384. The molecular weight excluding hydrogens is 522 g/mol. The van der Waals surface area contributed by atoms with Gasteiger partial charge in [-0.05, 0) is 42.2 Å². The number of hydrogen-bond acceptors (Lipinski definition) is 5. The van der Waals surface area contributed by atoms with Crippen LogP contribution in [0.3, 0.4) is 0 Å². The van der Waals surface area contributed by atoms with Crippen molar-refractivity contribution in [3.8, 4) is 0 Å². The van der Waals surface area contributed by atoms with Crippen LogP contribution in [0.15, 0.2) is 78.9 Å². The molecule has 1 N–H and O–H groups in total. The van der Waals surface area contributed by atoms with Crippen LogP contribution in [0.1, 0.15) is 37.0 Å². The van der Waals surface area contributed by atoms with Crippen molar-refractivity contribution in [1.82, 2.24) is 10.2 Å². The van der Waals surface area contributed by atoms with Gasteiger partial charge < -0.3 is 10.2 Å². The molecule has 200 valence electrons. The van der Waals surface area contributed by atoms with Gasteiger partial charge in [0.25, 0.3) is 5.69 Å². The zero-order chi connectivity index (χ0) is 27.5. The molecule has 0 aliphatic carbocycles. The van der Waals surface area contributed by atoms with Crippen LogP contribution in [0.4, 0.5) is 5.69 Å². The van der Waals surface area contributed by atoms with E-state index in [1.165, 1.54) is 23.9 Å². The predicted octanol–water partition coefficient (Wildman–Crippen LogP) is 6.04. The summed E-state index contributed by atoms with van der Waals surface area (Å²) in [7, 11) is 0. The number of hydrogen-bond donors (Lipinski definition) is 1. The van der Waals surface area contributed by atoms with E-state index in [9.17, 15) is 19.7 Å². The van der Waals surface area contributed by atoms with Crippen molar-refractivity contribution >= 4 is 40.9 Å². The second-order valence-electron chi connectivity index (χ2n) is 9.09. The highest BCUT2D eigenvalue weighted by atomic mass is 35.5. The van der Waals surface area contributed by atoms with Gasteiger partial charge in [-0.25, -0.2) is 0 Å². The van der Waals surface area contributed by atoms with Crippen LogP contribution < -0.4 is 5.32 Å². The highest BCUT2D eigenvalue weighted by Gasteiger charge is 2.30. The van der Waals surface area contributed by atoms with Crippen molar-refractivity contribution in [2.24, 2.45) is 0 Å². The minimum absolute atomic E-state index is 0.0234. The fourth-order valence-corrected chi connectivity index (χ4v) is 4.83. The maximum atomic E-state index is 13.6. The number of benzene rings is 3. The standard InChI is InChI=1S/C29H32ClN3O4S/c1-3-21(2)31-29(35)27(17-22-7-5-4-6-8-22)32(18-23-9-13-25(30)14-10-23)28(34)20-38-19-24-11-15-26(16-12-24)33(36)37/h4-16,21,27H,3,17-20H2,1-2H3,(H,31,35)/t21-,27-/m1/s1. The van der Waals surface area contributed by atoms with Gasteiger partial charge in [-0.1, -0.05) is 73.1 Å². The smallest absolute Gasteiger partial charge is 0.269 e. The number of carbonyl (C=O) groups excluding carboxylic acids is 2. The lowest BCUT2D eigenvalue weighted by Gasteiger charge is -2.32. The van der Waals surface area contributed by atoms with E-state index in [1.54, 1.807) is 29.2 Å². The van der Waals surface area contributed by atoms with Crippen molar-refractivity contribution in [1.29, 1.82) is 0 Å². The molecule has 0 saturated carbocycles. The maximum absolute atomic E-state index is 13.6. The van der Waals surface area contributed by atoms with E-state index < -0.39 is 11.0 Å². The summed E-state index contributed by atoms with van der Waals surface area (Å²) >= 11 is 7.48. The minimum atomic E-state index is -0.699. The molecule has 0 saturated heterocycles. The van der Waals surface area contributed by atoms with Gasteiger partial charge in [0.05, 0.1) is 10.7 Å². The summed E-state index contributed by atoms with van der Waals surface area (Å²) in [5.41, 5.74) is 2.75. The van der Waals surface area contributed by atoms with E-state index in [2.05, 4.69) is 5.32 Å². The number of non-ortho nitro benzene ring substituents is 1. The Morgan fingerprint density at radius 3 is 2.21 bits per heavy atom. The largest absolute Gasteiger partial charge is 0.352 e. The molecule has 0 fully saturated rings. The number of nitrogens with zero attached hydrogens (tertiary/aromatic N) is 2. The van der Waals surface area contributed by atoms with Crippen LogP contribution in [0.5, 0.6) is 0 Å². The second-order valence-corrected chi connectivity index (χ2v) is 10.5. The van der Waals surface area contributed by atoms with Crippen molar-refractivity contribution < 1.29 is 14.5 Å². The molecule has 38 heavy (non-hydrogen) atoms. The van der Waals surface area contributed by atoms with E-state index in [0.717, 1.165) is 23.1 Å². The molecule has 0 unspecified atom stereocenters. The Morgan fingerprint density at radius 2 is 1.61 bits per heavy atom. The van der Waals surface area contributed by atoms with Crippen LogP contribution >= 0.6 is 23.4 Å². The van der Waals surface area contributed by atoms with Crippen LogP contribution in [0, 0.1) is 10.1 Å². The van der Waals surface area contributed by atoms with E-state index in [4.69, 9.17) is 11.6 Å². The van der Waals surface area contributed by atoms with Crippen LogP contribution in [0.25, 0.3) is 0 Å². The molecule has 0 aromatic heterocycles. The van der Waals surface area contributed by atoms with E-state index in [1.807, 2.05) is 56.3 Å². The zero-order valence-corrected chi connectivity index (χ0v) is 23.1. The third-order valence-corrected chi connectivity index (χ3v) is 7.42. The Kier molecular flexibility index (Phi) is 11.2. The van der Waals surface area contributed by atoms with Gasteiger partial charge in [-0.15, -0.1) is 11.8 Å². The lowest BCUT2D eigenvalue weighted by Crippen LogP contribution is -2.52. The zero-order valence-electron chi connectivity index (χ0n) is 21.5. The van der Waals surface area contributed by atoms with Gasteiger partial charge >= 0.3 is 0 Å². The first-order chi connectivity index (χ1) is 18.3. The van der Waals surface area contributed by atoms with Gasteiger partial charge in [0.1, 0.15) is 6.04 Å². The average Bonchev–Trinajstić information content (AvgIpc) is 2.92. The number of rotatable bonds is 13. The topological polar surface area (TPSA) is 92.6 Å². The molecule has 3 aromatic carbocycles. The number of carbonyl (C=O) groups is 2. The number of amides is 2. The van der Waals surface area contributed by atoms with Gasteiger partial charge in [0.2, 0.25) is 11.8 Å². The third kappa shape index (κ3) is 8.89. The second kappa shape index (κ2) is 14.5. The predicted molar refractivity (Wildman–Crippen MR) is 153 cm³/mol. The van der Waals surface area contributed by atoms with Crippen molar-refractivity contribution in [2.75, 3.05) is 5.75 Å². The molecule has 0 bridgehead atoms. The summed E-state index contributed by atoms with van der Waals surface area (Å²) in [4.78, 5) is 39.3. The molecule has 0 aliphatic rings. The number of halogens is 1. The molecule has 0 radical (unpaired) electrons. The Labute approximate surface area is 232 Å². The normalized spacial score (nSPS) is 12.4. The lowest BCUT2D eigenvalue weighted by atomic mass is 10.0. The molecule has 2 amide bonds. The summed E-state index contributed by atoms with van der Waals surface area (Å²) in [6.07, 6.45) is 1.16. The van der Waals surface area contributed by atoms with Gasteiger partial charge in [0.15, 0.2) is 0 Å². The Bertz CT molecular complexity index is 1210. The SMILES string of the molecule is CC[C@@H](C)NC(=O)[C@@H](Cc1ccccc1)N(Cc1ccc(Cl)cc1)C(=O)CSCc1ccc([N+](=O)[O-])cc1. The number of nitro benzene ring substituents is 1. The van der Waals surface area contributed by atoms with Gasteiger partial charge in [-0.3, -0.25) is 19.7 Å². The molecule has 0 spiro atoms. The third-order valence-electron chi connectivity index (χ3n) is 6.18. The number of nitrogens with one attached hydrogen (secondary N) is 1. The van der Waals surface area contributed by atoms with Crippen LogP contribution in [-0.2, 0) is 28.3 Å². The Morgan fingerprint density at radius 1 is 0.974 bits per heavy atom. The minimum Gasteiger partial charge on any atom is -0.352 e. The number of thioether (sulfide) groups is 1. The molecule has 0 heterocycles. The first kappa shape index (κ1) is 29.2. The highest BCUT2D eigenvalue weighted by Crippen LogP contribution is 2.21. The molecule has 7 nitrogen and oxygen atoms in total. The summed E-state index contributed by atoms with van der Waals surface area (Å²) in [6, 6.07) is 22.5. The van der Waals surface area contributed by atoms with Crippen molar-refractivity contribution in [2.45, 2.75) is 51.1 Å². The number of nitro groups is 1. The Balaban J connectivity index is 1.82. The van der Waals surface area contributed by atoms with E-state index in [0.29, 0.717) is 17.2 Å².